The van der Waals surface area contributed by atoms with E-state index in [2.05, 4.69) is 20.6 Å². The van der Waals surface area contributed by atoms with E-state index in [1.54, 1.807) is 18.2 Å². The van der Waals surface area contributed by atoms with Crippen molar-refractivity contribution in [1.82, 2.24) is 19.9 Å². The van der Waals surface area contributed by atoms with Crippen LogP contribution in [-0.4, -0.2) is 44.8 Å². The van der Waals surface area contributed by atoms with Crippen LogP contribution >= 0.6 is 11.3 Å². The molecule has 0 amide bonds. The second-order valence-corrected chi connectivity index (χ2v) is 8.86. The van der Waals surface area contributed by atoms with Crippen LogP contribution in [0.2, 0.25) is 0 Å². The molecule has 1 heterocycles. The Kier molecular flexibility index (Phi) is 7.01. The van der Waals surface area contributed by atoms with E-state index in [0.717, 1.165) is 21.0 Å². The molecule has 1 aromatic heterocycles. The standard InChI is InChI=1S/C16H20F3N5O2S2/c1-20-15(22-9-14-23-13(10-27-14)16(17,18)19)21-8-11-6-4-5-7-12(11)28(25,26)24(2)3/h4-7,10H,8-9H2,1-3H3,(H2,20,21,22). The Morgan fingerprint density at radius 2 is 1.86 bits per heavy atom. The van der Waals surface area contributed by atoms with Crippen molar-refractivity contribution in [2.75, 3.05) is 21.1 Å². The molecule has 0 fully saturated rings. The van der Waals surface area contributed by atoms with E-state index in [1.165, 1.54) is 27.2 Å². The highest BCUT2D eigenvalue weighted by atomic mass is 32.2. The highest BCUT2D eigenvalue weighted by molar-refractivity contribution is 7.89. The lowest BCUT2D eigenvalue weighted by Crippen LogP contribution is -2.36. The lowest BCUT2D eigenvalue weighted by Gasteiger charge is -2.16. The fourth-order valence-corrected chi connectivity index (χ4v) is 4.04. The Labute approximate surface area is 165 Å². The third-order valence-electron chi connectivity index (χ3n) is 3.65. The summed E-state index contributed by atoms with van der Waals surface area (Å²) in [5, 5.41) is 7.03. The van der Waals surface area contributed by atoms with Crippen LogP contribution in [0.1, 0.15) is 16.3 Å². The van der Waals surface area contributed by atoms with Gasteiger partial charge in [0.25, 0.3) is 0 Å². The largest absolute Gasteiger partial charge is 0.434 e. The molecule has 0 spiro atoms. The van der Waals surface area contributed by atoms with Crippen LogP contribution in [0, 0.1) is 0 Å². The third-order valence-corrected chi connectivity index (χ3v) is 6.41. The molecule has 28 heavy (non-hydrogen) atoms. The maximum Gasteiger partial charge on any atom is 0.434 e. The van der Waals surface area contributed by atoms with Crippen molar-refractivity contribution in [3.05, 3.63) is 45.9 Å². The molecule has 0 aliphatic carbocycles. The van der Waals surface area contributed by atoms with Gasteiger partial charge in [0.2, 0.25) is 10.0 Å². The molecule has 0 unspecified atom stereocenters. The first kappa shape index (κ1) is 22.1. The Morgan fingerprint density at radius 1 is 1.21 bits per heavy atom. The van der Waals surface area contributed by atoms with Crippen LogP contribution in [0.15, 0.2) is 39.5 Å². The molecule has 1 aromatic carbocycles. The van der Waals surface area contributed by atoms with E-state index in [-0.39, 0.29) is 23.0 Å². The molecule has 0 radical (unpaired) electrons. The summed E-state index contributed by atoms with van der Waals surface area (Å²) >= 11 is 0.891. The van der Waals surface area contributed by atoms with Gasteiger partial charge in [-0.25, -0.2) is 17.7 Å². The summed E-state index contributed by atoms with van der Waals surface area (Å²) in [5.74, 6) is 0.306. The average Bonchev–Trinajstić information content (AvgIpc) is 3.11. The van der Waals surface area contributed by atoms with Crippen molar-refractivity contribution < 1.29 is 21.6 Å². The Balaban J connectivity index is 2.03. The molecule has 7 nitrogen and oxygen atoms in total. The van der Waals surface area contributed by atoms with Crippen molar-refractivity contribution in [3.63, 3.8) is 0 Å². The van der Waals surface area contributed by atoms with Gasteiger partial charge in [0.05, 0.1) is 11.4 Å². The summed E-state index contributed by atoms with van der Waals surface area (Å²) < 4.78 is 63.8. The smallest absolute Gasteiger partial charge is 0.352 e. The molecular formula is C16H20F3N5O2S2. The van der Waals surface area contributed by atoms with E-state index in [0.29, 0.717) is 11.5 Å². The van der Waals surface area contributed by atoms with Crippen molar-refractivity contribution in [3.8, 4) is 0 Å². The van der Waals surface area contributed by atoms with Crippen molar-refractivity contribution in [2.45, 2.75) is 24.2 Å². The molecule has 154 valence electrons. The monoisotopic (exact) mass is 435 g/mol. The number of guanidine groups is 1. The van der Waals surface area contributed by atoms with Gasteiger partial charge >= 0.3 is 6.18 Å². The molecule has 0 bridgehead atoms. The van der Waals surface area contributed by atoms with E-state index >= 15 is 0 Å². The number of aliphatic imine (C=N–C) groups is 1. The number of alkyl halides is 3. The lowest BCUT2D eigenvalue weighted by atomic mass is 10.2. The Bertz CT molecular complexity index is 940. The van der Waals surface area contributed by atoms with Gasteiger partial charge in [-0.15, -0.1) is 11.3 Å². The molecule has 2 aromatic rings. The number of nitrogens with zero attached hydrogens (tertiary/aromatic N) is 3. The van der Waals surface area contributed by atoms with Gasteiger partial charge in [0.1, 0.15) is 5.01 Å². The first-order chi connectivity index (χ1) is 13.1. The molecule has 0 atom stereocenters. The van der Waals surface area contributed by atoms with Crippen LogP contribution < -0.4 is 10.6 Å². The van der Waals surface area contributed by atoms with Crippen molar-refractivity contribution in [1.29, 1.82) is 0 Å². The molecule has 0 saturated carbocycles. The minimum absolute atomic E-state index is 0.0536. The van der Waals surface area contributed by atoms with E-state index in [1.807, 2.05) is 0 Å². The summed E-state index contributed by atoms with van der Waals surface area (Å²) in [7, 11) is 0.786. The summed E-state index contributed by atoms with van der Waals surface area (Å²) in [5.41, 5.74) is -0.396. The minimum atomic E-state index is -4.48. The molecule has 12 heteroatoms. The number of hydrogen-bond acceptors (Lipinski definition) is 5. The molecule has 0 aliphatic rings. The van der Waals surface area contributed by atoms with Crippen molar-refractivity contribution in [2.24, 2.45) is 4.99 Å². The van der Waals surface area contributed by atoms with Crippen LogP contribution in [0.3, 0.4) is 0 Å². The predicted molar refractivity (Wildman–Crippen MR) is 101 cm³/mol. The van der Waals surface area contributed by atoms with E-state index in [9.17, 15) is 21.6 Å². The Hall–Kier alpha value is -2.18. The third kappa shape index (κ3) is 5.42. The second kappa shape index (κ2) is 8.88. The van der Waals surface area contributed by atoms with Crippen LogP contribution in [-0.2, 0) is 29.3 Å². The van der Waals surface area contributed by atoms with Gasteiger partial charge in [-0.05, 0) is 11.6 Å². The fraction of sp³-hybridized carbons (Fsp3) is 0.375. The maximum atomic E-state index is 12.6. The molecular weight excluding hydrogens is 415 g/mol. The number of sulfonamides is 1. The number of hydrogen-bond donors (Lipinski definition) is 2. The number of thiazole rings is 1. The number of halogens is 3. The van der Waals surface area contributed by atoms with Crippen molar-refractivity contribution >= 4 is 27.3 Å². The number of nitrogens with one attached hydrogen (secondary N) is 2. The summed E-state index contributed by atoms with van der Waals surface area (Å²) in [6, 6.07) is 6.54. The van der Waals surface area contributed by atoms with Crippen LogP contribution in [0.4, 0.5) is 13.2 Å². The van der Waals surface area contributed by atoms with Gasteiger partial charge in [-0.1, -0.05) is 18.2 Å². The van der Waals surface area contributed by atoms with Gasteiger partial charge in [-0.3, -0.25) is 4.99 Å². The van der Waals surface area contributed by atoms with Gasteiger partial charge in [-0.2, -0.15) is 13.2 Å². The van der Waals surface area contributed by atoms with E-state index in [4.69, 9.17) is 0 Å². The summed E-state index contributed by atoms with van der Waals surface area (Å²) in [6.45, 7) is 0.215. The van der Waals surface area contributed by atoms with E-state index < -0.39 is 21.9 Å². The maximum absolute atomic E-state index is 12.6. The number of rotatable bonds is 6. The van der Waals surface area contributed by atoms with Gasteiger partial charge in [0, 0.05) is 33.1 Å². The molecule has 0 aliphatic heterocycles. The fourth-order valence-electron chi connectivity index (χ4n) is 2.18. The SMILES string of the molecule is CN=C(NCc1nc(C(F)(F)F)cs1)NCc1ccccc1S(=O)(=O)N(C)C. The molecule has 2 N–H and O–H groups in total. The topological polar surface area (TPSA) is 86.7 Å². The quantitative estimate of drug-likeness (QED) is 0.537. The molecule has 0 saturated heterocycles. The zero-order chi connectivity index (χ0) is 20.9. The van der Waals surface area contributed by atoms with Crippen LogP contribution in [0.25, 0.3) is 0 Å². The predicted octanol–water partition coefficient (Wildman–Crippen LogP) is 2.28. The normalized spacial score (nSPS) is 13.0. The second-order valence-electron chi connectivity index (χ2n) is 5.80. The first-order valence-electron chi connectivity index (χ1n) is 8.02. The average molecular weight is 435 g/mol. The summed E-state index contributed by atoms with van der Waals surface area (Å²) in [4.78, 5) is 7.69. The number of aromatic nitrogens is 1. The highest BCUT2D eigenvalue weighted by Crippen LogP contribution is 2.29. The molecule has 2 rings (SSSR count). The zero-order valence-corrected chi connectivity index (χ0v) is 17.0. The lowest BCUT2D eigenvalue weighted by molar-refractivity contribution is -0.140. The van der Waals surface area contributed by atoms with Gasteiger partial charge < -0.3 is 10.6 Å². The zero-order valence-electron chi connectivity index (χ0n) is 15.4. The minimum Gasteiger partial charge on any atom is -0.352 e. The van der Waals surface area contributed by atoms with Gasteiger partial charge in [0.15, 0.2) is 11.7 Å². The first-order valence-corrected chi connectivity index (χ1v) is 10.3. The Morgan fingerprint density at radius 3 is 2.43 bits per heavy atom. The number of benzene rings is 1. The highest BCUT2D eigenvalue weighted by Gasteiger charge is 2.33. The van der Waals surface area contributed by atoms with Crippen LogP contribution in [0.5, 0.6) is 0 Å². The summed E-state index contributed by atoms with van der Waals surface area (Å²) in [6.07, 6.45) is -4.48.